The van der Waals surface area contributed by atoms with E-state index >= 15 is 0 Å². The van der Waals surface area contributed by atoms with Crippen LogP contribution in [0.15, 0.2) is 54.6 Å². The lowest BCUT2D eigenvalue weighted by molar-refractivity contribution is -0.133. The first-order valence-corrected chi connectivity index (χ1v) is 9.76. The number of likely N-dealkylation sites (N-methyl/N-ethyl adjacent to an activating group) is 1. The molecule has 1 spiro atoms. The van der Waals surface area contributed by atoms with E-state index in [9.17, 15) is 14.7 Å². The lowest BCUT2D eigenvalue weighted by Crippen LogP contribution is -2.48. The van der Waals surface area contributed by atoms with Gasteiger partial charge < -0.3 is 15.2 Å². The van der Waals surface area contributed by atoms with Gasteiger partial charge in [0.2, 0.25) is 0 Å². The SMILES string of the molecule is CN(Cc1ccccc1)C[C@@H](O)CN1C(=O)N[C@]2(CCOc3ccccc32)C1=O. The van der Waals surface area contributed by atoms with Crippen molar-refractivity contribution in [1.82, 2.24) is 15.1 Å². The number of aliphatic hydroxyl groups is 1. The summed E-state index contributed by atoms with van der Waals surface area (Å²) in [5.74, 6) is 0.278. The Hall–Kier alpha value is -2.90. The summed E-state index contributed by atoms with van der Waals surface area (Å²) in [7, 11) is 1.90. The van der Waals surface area contributed by atoms with Gasteiger partial charge in [-0.1, -0.05) is 48.5 Å². The normalized spacial score (nSPS) is 21.8. The molecule has 152 valence electrons. The molecule has 2 aliphatic rings. The van der Waals surface area contributed by atoms with Crippen LogP contribution in [0.3, 0.4) is 0 Å². The van der Waals surface area contributed by atoms with Crippen molar-refractivity contribution in [2.45, 2.75) is 24.6 Å². The third kappa shape index (κ3) is 3.71. The summed E-state index contributed by atoms with van der Waals surface area (Å²) >= 11 is 0. The number of urea groups is 1. The van der Waals surface area contributed by atoms with Crippen molar-refractivity contribution in [2.75, 3.05) is 26.7 Å². The van der Waals surface area contributed by atoms with Crippen molar-refractivity contribution in [1.29, 1.82) is 0 Å². The van der Waals surface area contributed by atoms with Gasteiger partial charge in [-0.25, -0.2) is 4.79 Å². The average molecular weight is 395 g/mol. The summed E-state index contributed by atoms with van der Waals surface area (Å²) in [4.78, 5) is 28.9. The number of imide groups is 1. The monoisotopic (exact) mass is 395 g/mol. The number of rotatable bonds is 6. The van der Waals surface area contributed by atoms with Crippen LogP contribution in [-0.2, 0) is 16.9 Å². The standard InChI is InChI=1S/C22H25N3O4/c1-24(13-16-7-3-2-4-8-16)14-17(26)15-25-20(27)22(23-21(25)28)11-12-29-19-10-6-5-9-18(19)22/h2-10,17,26H,11-15H2,1H3,(H,23,28)/t17-,22+/m1/s1. The third-order valence-electron chi connectivity index (χ3n) is 5.47. The van der Waals surface area contributed by atoms with Crippen LogP contribution in [0, 0.1) is 0 Å². The minimum atomic E-state index is -1.11. The fourth-order valence-electron chi connectivity index (χ4n) is 4.13. The second-order valence-corrected chi connectivity index (χ2v) is 7.68. The lowest BCUT2D eigenvalue weighted by Gasteiger charge is -2.33. The highest BCUT2D eigenvalue weighted by molar-refractivity contribution is 6.08. The number of nitrogens with zero attached hydrogens (tertiary/aromatic N) is 2. The zero-order chi connectivity index (χ0) is 20.4. The smallest absolute Gasteiger partial charge is 0.325 e. The number of hydrogen-bond acceptors (Lipinski definition) is 5. The summed E-state index contributed by atoms with van der Waals surface area (Å²) in [6.45, 7) is 1.32. The summed E-state index contributed by atoms with van der Waals surface area (Å²) in [6, 6.07) is 16.7. The lowest BCUT2D eigenvalue weighted by atomic mass is 9.84. The fraction of sp³-hybridized carbons (Fsp3) is 0.364. The quantitative estimate of drug-likeness (QED) is 0.728. The van der Waals surface area contributed by atoms with Crippen molar-refractivity contribution in [3.8, 4) is 5.75 Å². The van der Waals surface area contributed by atoms with Gasteiger partial charge in [-0.05, 0) is 18.7 Å². The molecule has 0 saturated carbocycles. The van der Waals surface area contributed by atoms with Gasteiger partial charge in [-0.3, -0.25) is 14.6 Å². The number of para-hydroxylation sites is 1. The van der Waals surface area contributed by atoms with Gasteiger partial charge in [-0.15, -0.1) is 0 Å². The molecular weight excluding hydrogens is 370 g/mol. The number of benzene rings is 2. The molecule has 0 aliphatic carbocycles. The van der Waals surface area contributed by atoms with E-state index in [0.717, 1.165) is 10.5 Å². The van der Waals surface area contributed by atoms with Crippen LogP contribution in [0.2, 0.25) is 0 Å². The van der Waals surface area contributed by atoms with Gasteiger partial charge >= 0.3 is 6.03 Å². The molecule has 2 N–H and O–H groups in total. The Morgan fingerprint density at radius 1 is 1.17 bits per heavy atom. The highest BCUT2D eigenvalue weighted by atomic mass is 16.5. The van der Waals surface area contributed by atoms with Crippen LogP contribution < -0.4 is 10.1 Å². The predicted octanol–water partition coefficient (Wildman–Crippen LogP) is 1.71. The highest BCUT2D eigenvalue weighted by Crippen LogP contribution is 2.40. The van der Waals surface area contributed by atoms with Crippen molar-refractivity contribution in [3.05, 3.63) is 65.7 Å². The number of ether oxygens (including phenoxy) is 1. The van der Waals surface area contributed by atoms with Gasteiger partial charge in [0.05, 0.1) is 19.3 Å². The van der Waals surface area contributed by atoms with E-state index in [4.69, 9.17) is 4.74 Å². The van der Waals surface area contributed by atoms with Crippen LogP contribution >= 0.6 is 0 Å². The van der Waals surface area contributed by atoms with Gasteiger partial charge in [0.25, 0.3) is 5.91 Å². The fourth-order valence-corrected chi connectivity index (χ4v) is 4.13. The van der Waals surface area contributed by atoms with E-state index in [2.05, 4.69) is 5.32 Å². The van der Waals surface area contributed by atoms with Crippen molar-refractivity contribution in [2.24, 2.45) is 0 Å². The van der Waals surface area contributed by atoms with E-state index < -0.39 is 17.7 Å². The first-order valence-electron chi connectivity index (χ1n) is 9.76. The second-order valence-electron chi connectivity index (χ2n) is 7.68. The largest absolute Gasteiger partial charge is 0.493 e. The second kappa shape index (κ2) is 7.85. The Kier molecular flexibility index (Phi) is 5.25. The number of hydrogen-bond donors (Lipinski definition) is 2. The van der Waals surface area contributed by atoms with E-state index in [1.54, 1.807) is 12.1 Å². The van der Waals surface area contributed by atoms with Crippen molar-refractivity contribution >= 4 is 11.9 Å². The van der Waals surface area contributed by atoms with E-state index in [0.29, 0.717) is 37.4 Å². The minimum absolute atomic E-state index is 0.0471. The summed E-state index contributed by atoms with van der Waals surface area (Å²) < 4.78 is 5.64. The first kappa shape index (κ1) is 19.4. The number of amides is 3. The summed E-state index contributed by atoms with van der Waals surface area (Å²) in [5, 5.41) is 13.4. The molecule has 2 aromatic rings. The molecule has 2 aromatic carbocycles. The van der Waals surface area contributed by atoms with Gasteiger partial charge in [0, 0.05) is 25.1 Å². The molecule has 1 saturated heterocycles. The van der Waals surface area contributed by atoms with Crippen LogP contribution in [-0.4, -0.2) is 59.7 Å². The maximum atomic E-state index is 13.2. The van der Waals surface area contributed by atoms with Gasteiger partial charge in [-0.2, -0.15) is 0 Å². The molecule has 3 amide bonds. The summed E-state index contributed by atoms with van der Waals surface area (Å²) in [5.41, 5.74) is 0.694. The van der Waals surface area contributed by atoms with Crippen molar-refractivity contribution < 1.29 is 19.4 Å². The number of β-amino-alcohol motifs (C(OH)–C–C–N with tert-alkyl or cyclic N) is 1. The van der Waals surface area contributed by atoms with Crippen LogP contribution in [0.5, 0.6) is 5.75 Å². The minimum Gasteiger partial charge on any atom is -0.493 e. The maximum absolute atomic E-state index is 13.2. The zero-order valence-electron chi connectivity index (χ0n) is 16.4. The van der Waals surface area contributed by atoms with Crippen LogP contribution in [0.4, 0.5) is 4.79 Å². The Balaban J connectivity index is 1.43. The molecule has 0 bridgehead atoms. The molecule has 7 heteroatoms. The molecule has 0 unspecified atom stereocenters. The van der Waals surface area contributed by atoms with E-state index in [1.165, 1.54) is 0 Å². The zero-order valence-corrected chi connectivity index (χ0v) is 16.4. The van der Waals surface area contributed by atoms with Gasteiger partial charge in [0.1, 0.15) is 5.75 Å². The number of aliphatic hydroxyl groups excluding tert-OH is 1. The number of fused-ring (bicyclic) bond motifs is 2. The molecule has 2 heterocycles. The van der Waals surface area contributed by atoms with Crippen molar-refractivity contribution in [3.63, 3.8) is 0 Å². The first-order chi connectivity index (χ1) is 14.0. The predicted molar refractivity (Wildman–Crippen MR) is 107 cm³/mol. The topological polar surface area (TPSA) is 82.1 Å². The Labute approximate surface area is 169 Å². The molecule has 2 atom stereocenters. The molecule has 0 radical (unpaired) electrons. The molecule has 0 aromatic heterocycles. The third-order valence-corrected chi connectivity index (χ3v) is 5.47. The molecular formula is C22H25N3O4. The van der Waals surface area contributed by atoms with E-state index in [-0.39, 0.29) is 12.5 Å². The number of nitrogens with one attached hydrogen (secondary N) is 1. The molecule has 2 aliphatic heterocycles. The highest BCUT2D eigenvalue weighted by Gasteiger charge is 2.55. The van der Waals surface area contributed by atoms with Gasteiger partial charge in [0.15, 0.2) is 5.54 Å². The Morgan fingerprint density at radius 3 is 2.69 bits per heavy atom. The molecule has 4 rings (SSSR count). The van der Waals surface area contributed by atoms with E-state index in [1.807, 2.05) is 54.4 Å². The average Bonchev–Trinajstić information content (AvgIpc) is 2.94. The molecule has 1 fully saturated rings. The molecule has 29 heavy (non-hydrogen) atoms. The molecule has 7 nitrogen and oxygen atoms in total. The number of carbonyl (C=O) groups excluding carboxylic acids is 2. The Morgan fingerprint density at radius 2 is 1.90 bits per heavy atom. The Bertz CT molecular complexity index is 904. The summed E-state index contributed by atoms with van der Waals surface area (Å²) in [6.07, 6.45) is -0.474. The van der Waals surface area contributed by atoms with Crippen LogP contribution in [0.25, 0.3) is 0 Å². The number of carbonyl (C=O) groups is 2. The van der Waals surface area contributed by atoms with Crippen LogP contribution in [0.1, 0.15) is 17.5 Å². The maximum Gasteiger partial charge on any atom is 0.325 e.